The van der Waals surface area contributed by atoms with Crippen molar-refractivity contribution in [2.45, 2.75) is 19.4 Å². The second-order valence-electron chi connectivity index (χ2n) is 5.43. The molecular formula is C17H21ClN2O2. The number of benzene rings is 1. The van der Waals surface area contributed by atoms with Gasteiger partial charge >= 0.3 is 6.03 Å². The van der Waals surface area contributed by atoms with E-state index in [0.717, 1.165) is 31.5 Å². The van der Waals surface area contributed by atoms with E-state index < -0.39 is 0 Å². The van der Waals surface area contributed by atoms with Crippen LogP contribution in [-0.4, -0.2) is 37.2 Å². The normalized spacial score (nSPS) is 15.4. The summed E-state index contributed by atoms with van der Waals surface area (Å²) in [6.07, 6.45) is 7.07. The molecule has 0 aromatic heterocycles. The van der Waals surface area contributed by atoms with Crippen LogP contribution in [0.3, 0.4) is 0 Å². The number of carbonyl (C=O) groups is 1. The minimum atomic E-state index is -0.0158. The largest absolute Gasteiger partial charge is 0.369 e. The molecule has 1 N–H and O–H groups in total. The highest BCUT2D eigenvalue weighted by molar-refractivity contribution is 6.30. The summed E-state index contributed by atoms with van der Waals surface area (Å²) in [5, 5.41) is 3.64. The van der Waals surface area contributed by atoms with Gasteiger partial charge in [0, 0.05) is 24.7 Å². The number of carbonyl (C=O) groups excluding carboxylic acids is 1. The van der Waals surface area contributed by atoms with Gasteiger partial charge in [-0.05, 0) is 36.5 Å². The molecule has 0 unspecified atom stereocenters. The first-order valence-electron chi connectivity index (χ1n) is 7.47. The Kier molecular flexibility index (Phi) is 6.57. The Bertz CT molecular complexity index is 516. The molecule has 1 aliphatic rings. The van der Waals surface area contributed by atoms with Crippen molar-refractivity contribution in [1.82, 2.24) is 10.2 Å². The summed E-state index contributed by atoms with van der Waals surface area (Å²) < 4.78 is 5.37. The summed E-state index contributed by atoms with van der Waals surface area (Å²) in [5.74, 6) is 2.96. The Morgan fingerprint density at radius 1 is 1.36 bits per heavy atom. The van der Waals surface area contributed by atoms with Crippen LogP contribution in [-0.2, 0) is 11.3 Å². The lowest BCUT2D eigenvalue weighted by molar-refractivity contribution is 0.0911. The third-order valence-electron chi connectivity index (χ3n) is 3.80. The maximum absolute atomic E-state index is 12.1. The van der Waals surface area contributed by atoms with Crippen molar-refractivity contribution in [3.63, 3.8) is 0 Å². The number of rotatable bonds is 5. The molecule has 0 aliphatic carbocycles. The zero-order valence-electron chi connectivity index (χ0n) is 12.6. The van der Waals surface area contributed by atoms with Crippen LogP contribution in [0.4, 0.5) is 4.79 Å². The lowest BCUT2D eigenvalue weighted by atomic mass is 9.98. The Morgan fingerprint density at radius 3 is 2.68 bits per heavy atom. The van der Waals surface area contributed by atoms with Crippen LogP contribution in [0.2, 0.25) is 5.02 Å². The predicted molar refractivity (Wildman–Crippen MR) is 87.6 cm³/mol. The molecule has 1 aromatic rings. The van der Waals surface area contributed by atoms with Gasteiger partial charge in [0.25, 0.3) is 0 Å². The number of urea groups is 1. The number of ether oxygens (including phenoxy) is 1. The molecular weight excluding hydrogens is 300 g/mol. The van der Waals surface area contributed by atoms with Gasteiger partial charge in [-0.15, -0.1) is 6.42 Å². The Hall–Kier alpha value is -1.70. The van der Waals surface area contributed by atoms with E-state index in [1.165, 1.54) is 0 Å². The van der Waals surface area contributed by atoms with Gasteiger partial charge < -0.3 is 15.0 Å². The second kappa shape index (κ2) is 8.67. The lowest BCUT2D eigenvalue weighted by Gasteiger charge is -2.31. The fraction of sp³-hybridized carbons (Fsp3) is 0.471. The quantitative estimate of drug-likeness (QED) is 0.669. The van der Waals surface area contributed by atoms with E-state index in [2.05, 4.69) is 11.2 Å². The van der Waals surface area contributed by atoms with E-state index in [4.69, 9.17) is 22.8 Å². The lowest BCUT2D eigenvalue weighted by Crippen LogP contribution is -2.44. The number of nitrogens with one attached hydrogen (secondary N) is 1. The first-order valence-corrected chi connectivity index (χ1v) is 7.85. The van der Waals surface area contributed by atoms with Crippen molar-refractivity contribution in [2.75, 3.05) is 26.3 Å². The summed E-state index contributed by atoms with van der Waals surface area (Å²) >= 11 is 5.84. The molecule has 1 fully saturated rings. The van der Waals surface area contributed by atoms with Gasteiger partial charge in [0.05, 0.1) is 6.61 Å². The average molecular weight is 321 g/mol. The van der Waals surface area contributed by atoms with Crippen LogP contribution >= 0.6 is 11.6 Å². The van der Waals surface area contributed by atoms with E-state index in [1.54, 1.807) is 0 Å². The van der Waals surface area contributed by atoms with Gasteiger partial charge in [0.15, 0.2) is 0 Å². The standard InChI is InChI=1S/C17H21ClN2O2/c1-2-11-22-13-15-7-9-20(10-8-15)17(21)19-12-14-3-5-16(18)6-4-14/h1,3-6,15H,7-13H2,(H,19,21). The molecule has 118 valence electrons. The summed E-state index contributed by atoms with van der Waals surface area (Å²) in [7, 11) is 0. The third kappa shape index (κ3) is 5.25. The molecule has 5 heteroatoms. The molecule has 1 aromatic carbocycles. The number of hydrogen-bond donors (Lipinski definition) is 1. The molecule has 0 atom stereocenters. The topological polar surface area (TPSA) is 41.6 Å². The second-order valence-corrected chi connectivity index (χ2v) is 5.87. The molecule has 2 rings (SSSR count). The maximum Gasteiger partial charge on any atom is 0.317 e. The van der Waals surface area contributed by atoms with Gasteiger partial charge in [-0.25, -0.2) is 4.79 Å². The maximum atomic E-state index is 12.1. The minimum Gasteiger partial charge on any atom is -0.369 e. The molecule has 1 heterocycles. The van der Waals surface area contributed by atoms with Crippen LogP contribution in [0.15, 0.2) is 24.3 Å². The molecule has 0 radical (unpaired) electrons. The van der Waals surface area contributed by atoms with E-state index in [9.17, 15) is 4.79 Å². The number of terminal acetylenes is 1. The van der Waals surface area contributed by atoms with Crippen LogP contribution < -0.4 is 5.32 Å². The highest BCUT2D eigenvalue weighted by Crippen LogP contribution is 2.17. The summed E-state index contributed by atoms with van der Waals surface area (Å²) in [6.45, 7) is 3.08. The van der Waals surface area contributed by atoms with E-state index in [1.807, 2.05) is 29.2 Å². The van der Waals surface area contributed by atoms with Crippen molar-refractivity contribution in [1.29, 1.82) is 0 Å². The summed E-state index contributed by atoms with van der Waals surface area (Å²) in [6, 6.07) is 7.46. The van der Waals surface area contributed by atoms with Gasteiger partial charge in [0.1, 0.15) is 6.61 Å². The van der Waals surface area contributed by atoms with Gasteiger partial charge in [-0.3, -0.25) is 0 Å². The fourth-order valence-electron chi connectivity index (χ4n) is 2.48. The van der Waals surface area contributed by atoms with Crippen molar-refractivity contribution in [3.8, 4) is 12.3 Å². The molecule has 1 saturated heterocycles. The number of amides is 2. The first kappa shape index (κ1) is 16.7. The molecule has 4 nitrogen and oxygen atoms in total. The third-order valence-corrected chi connectivity index (χ3v) is 4.05. The number of nitrogens with zero attached hydrogens (tertiary/aromatic N) is 1. The number of likely N-dealkylation sites (tertiary alicyclic amines) is 1. The van der Waals surface area contributed by atoms with Crippen LogP contribution in [0.1, 0.15) is 18.4 Å². The summed E-state index contributed by atoms with van der Waals surface area (Å²) in [4.78, 5) is 14.0. The van der Waals surface area contributed by atoms with Crippen molar-refractivity contribution in [2.24, 2.45) is 5.92 Å². The minimum absolute atomic E-state index is 0.0158. The number of hydrogen-bond acceptors (Lipinski definition) is 2. The van der Waals surface area contributed by atoms with Crippen LogP contribution in [0.5, 0.6) is 0 Å². The van der Waals surface area contributed by atoms with Crippen molar-refractivity contribution >= 4 is 17.6 Å². The van der Waals surface area contributed by atoms with Crippen molar-refractivity contribution in [3.05, 3.63) is 34.9 Å². The highest BCUT2D eigenvalue weighted by atomic mass is 35.5. The SMILES string of the molecule is C#CCOCC1CCN(C(=O)NCc2ccc(Cl)cc2)CC1. The van der Waals surface area contributed by atoms with E-state index in [0.29, 0.717) is 30.7 Å². The number of halogens is 1. The fourth-order valence-corrected chi connectivity index (χ4v) is 2.60. The van der Waals surface area contributed by atoms with Gasteiger partial charge in [-0.1, -0.05) is 29.7 Å². The Balaban J connectivity index is 1.69. The molecule has 0 saturated carbocycles. The predicted octanol–water partition coefficient (Wildman–Crippen LogP) is 2.91. The number of piperidine rings is 1. The molecule has 2 amide bonds. The molecule has 1 aliphatic heterocycles. The summed E-state index contributed by atoms with van der Waals surface area (Å²) in [5.41, 5.74) is 1.04. The molecule has 0 bridgehead atoms. The van der Waals surface area contributed by atoms with Crippen LogP contribution in [0, 0.1) is 18.3 Å². The highest BCUT2D eigenvalue weighted by Gasteiger charge is 2.22. The zero-order valence-corrected chi connectivity index (χ0v) is 13.3. The van der Waals surface area contributed by atoms with E-state index >= 15 is 0 Å². The van der Waals surface area contributed by atoms with E-state index in [-0.39, 0.29) is 6.03 Å². The average Bonchev–Trinajstić information content (AvgIpc) is 2.55. The smallest absolute Gasteiger partial charge is 0.317 e. The van der Waals surface area contributed by atoms with Gasteiger partial charge in [0.2, 0.25) is 0 Å². The Labute approximate surface area is 136 Å². The molecule has 0 spiro atoms. The zero-order chi connectivity index (χ0) is 15.8. The van der Waals surface area contributed by atoms with Crippen LogP contribution in [0.25, 0.3) is 0 Å². The monoisotopic (exact) mass is 320 g/mol. The molecule has 22 heavy (non-hydrogen) atoms. The van der Waals surface area contributed by atoms with Crippen molar-refractivity contribution < 1.29 is 9.53 Å². The Morgan fingerprint density at radius 2 is 2.05 bits per heavy atom. The first-order chi connectivity index (χ1) is 10.7. The van der Waals surface area contributed by atoms with Gasteiger partial charge in [-0.2, -0.15) is 0 Å².